The maximum atomic E-state index is 2.27. The predicted molar refractivity (Wildman–Crippen MR) is 99.0 cm³/mol. The number of hydrogen-bond donors (Lipinski definition) is 0. The first-order chi connectivity index (χ1) is 10.3. The van der Waals surface area contributed by atoms with Gasteiger partial charge in [0.25, 0.3) is 0 Å². The van der Waals surface area contributed by atoms with Crippen LogP contribution >= 0.6 is 45.3 Å². The van der Waals surface area contributed by atoms with Crippen LogP contribution in [0.25, 0.3) is 30.6 Å². The van der Waals surface area contributed by atoms with Crippen LogP contribution < -0.4 is 0 Å². The van der Waals surface area contributed by atoms with E-state index < -0.39 is 0 Å². The molecule has 0 N–H and O–H groups in total. The van der Waals surface area contributed by atoms with E-state index in [1.807, 2.05) is 45.3 Å². The van der Waals surface area contributed by atoms with E-state index >= 15 is 0 Å². The molecule has 4 rings (SSSR count). The van der Waals surface area contributed by atoms with Crippen LogP contribution in [0.3, 0.4) is 0 Å². The van der Waals surface area contributed by atoms with E-state index in [4.69, 9.17) is 0 Å². The topological polar surface area (TPSA) is 0 Å². The fraction of sp³-hybridized carbons (Fsp3) is 0.0588. The van der Waals surface area contributed by atoms with Crippen LogP contribution in [0.1, 0.15) is 5.56 Å². The fourth-order valence-corrected chi connectivity index (χ4v) is 6.32. The molecule has 0 saturated heterocycles. The molecule has 21 heavy (non-hydrogen) atoms. The van der Waals surface area contributed by atoms with Crippen molar-refractivity contribution in [1.82, 2.24) is 0 Å². The maximum Gasteiger partial charge on any atom is 0.0532 e. The van der Waals surface area contributed by atoms with Crippen molar-refractivity contribution in [2.24, 2.45) is 0 Å². The van der Waals surface area contributed by atoms with Gasteiger partial charge in [-0.25, -0.2) is 0 Å². The number of rotatable bonds is 3. The number of thiophene rings is 4. The van der Waals surface area contributed by atoms with Crippen molar-refractivity contribution in [2.45, 2.75) is 6.92 Å². The SMILES string of the molecule is Cc1ccsc1-c1sccc1-c1sccc1-c1cccs1. The molecule has 0 amide bonds. The highest BCUT2D eigenvalue weighted by Gasteiger charge is 2.17. The fourth-order valence-electron chi connectivity index (χ4n) is 2.41. The van der Waals surface area contributed by atoms with Crippen molar-refractivity contribution >= 4 is 45.3 Å². The van der Waals surface area contributed by atoms with Gasteiger partial charge in [0.1, 0.15) is 0 Å². The molecule has 4 aromatic heterocycles. The summed E-state index contributed by atoms with van der Waals surface area (Å²) in [6.45, 7) is 2.20. The van der Waals surface area contributed by atoms with Gasteiger partial charge in [-0.3, -0.25) is 0 Å². The molecule has 0 spiro atoms. The van der Waals surface area contributed by atoms with Crippen LogP contribution in [-0.2, 0) is 0 Å². The first-order valence-electron chi connectivity index (χ1n) is 6.58. The lowest BCUT2D eigenvalue weighted by Crippen LogP contribution is -1.77. The second-order valence-corrected chi connectivity index (χ2v) is 8.43. The molecule has 0 bridgehead atoms. The molecule has 0 aromatic carbocycles. The Kier molecular flexibility index (Phi) is 3.55. The van der Waals surface area contributed by atoms with Crippen LogP contribution in [0.2, 0.25) is 0 Å². The highest BCUT2D eigenvalue weighted by atomic mass is 32.1. The second kappa shape index (κ2) is 5.54. The largest absolute Gasteiger partial charge is 0.144 e. The maximum absolute atomic E-state index is 2.27. The van der Waals surface area contributed by atoms with Crippen LogP contribution in [0.4, 0.5) is 0 Å². The zero-order chi connectivity index (χ0) is 14.2. The summed E-state index contributed by atoms with van der Waals surface area (Å²) in [6, 6.07) is 11.0. The zero-order valence-electron chi connectivity index (χ0n) is 11.3. The molecule has 0 fully saturated rings. The second-order valence-electron chi connectivity index (χ2n) is 4.74. The molecule has 4 heterocycles. The van der Waals surface area contributed by atoms with E-state index in [9.17, 15) is 0 Å². The van der Waals surface area contributed by atoms with Gasteiger partial charge in [-0.2, -0.15) is 0 Å². The minimum Gasteiger partial charge on any atom is -0.144 e. The van der Waals surface area contributed by atoms with Gasteiger partial charge < -0.3 is 0 Å². The van der Waals surface area contributed by atoms with Gasteiger partial charge >= 0.3 is 0 Å². The highest BCUT2D eigenvalue weighted by molar-refractivity contribution is 7.22. The Hall–Kier alpha value is -1.20. The molecular formula is C17H12S4. The third-order valence-corrected chi connectivity index (χ3v) is 7.38. The van der Waals surface area contributed by atoms with Gasteiger partial charge in [0, 0.05) is 25.8 Å². The third-order valence-electron chi connectivity index (χ3n) is 3.43. The molecule has 0 unspecified atom stereocenters. The van der Waals surface area contributed by atoms with Crippen LogP contribution in [0, 0.1) is 6.92 Å². The number of aryl methyl sites for hydroxylation is 1. The van der Waals surface area contributed by atoms with E-state index in [0.29, 0.717) is 0 Å². The molecule has 0 aliphatic rings. The molecular weight excluding hydrogens is 332 g/mol. The summed E-state index contributed by atoms with van der Waals surface area (Å²) in [6.07, 6.45) is 0. The first-order valence-corrected chi connectivity index (χ1v) is 10.1. The average molecular weight is 345 g/mol. The van der Waals surface area contributed by atoms with Crippen molar-refractivity contribution < 1.29 is 0 Å². The molecule has 4 heteroatoms. The van der Waals surface area contributed by atoms with Crippen LogP contribution in [-0.4, -0.2) is 0 Å². The monoisotopic (exact) mass is 344 g/mol. The minimum atomic E-state index is 1.35. The lowest BCUT2D eigenvalue weighted by Gasteiger charge is -2.04. The summed E-state index contributed by atoms with van der Waals surface area (Å²) >= 11 is 7.34. The lowest BCUT2D eigenvalue weighted by atomic mass is 10.1. The van der Waals surface area contributed by atoms with Gasteiger partial charge in [0.2, 0.25) is 0 Å². The molecule has 104 valence electrons. The van der Waals surface area contributed by atoms with Crippen molar-refractivity contribution in [2.75, 3.05) is 0 Å². The van der Waals surface area contributed by atoms with Crippen molar-refractivity contribution in [3.05, 3.63) is 57.4 Å². The van der Waals surface area contributed by atoms with E-state index in [1.165, 1.54) is 36.2 Å². The van der Waals surface area contributed by atoms with Gasteiger partial charge in [-0.1, -0.05) is 6.07 Å². The van der Waals surface area contributed by atoms with E-state index in [2.05, 4.69) is 58.8 Å². The first kappa shape index (κ1) is 13.5. The van der Waals surface area contributed by atoms with E-state index in [1.54, 1.807) is 0 Å². The van der Waals surface area contributed by atoms with Crippen molar-refractivity contribution in [3.8, 4) is 30.6 Å². The molecule has 0 radical (unpaired) electrons. The van der Waals surface area contributed by atoms with Gasteiger partial charge in [0.15, 0.2) is 0 Å². The lowest BCUT2D eigenvalue weighted by molar-refractivity contribution is 1.56. The van der Waals surface area contributed by atoms with Gasteiger partial charge in [-0.05, 0) is 58.3 Å². The van der Waals surface area contributed by atoms with Crippen LogP contribution in [0.5, 0.6) is 0 Å². The highest BCUT2D eigenvalue weighted by Crippen LogP contribution is 2.46. The zero-order valence-corrected chi connectivity index (χ0v) is 14.6. The smallest absolute Gasteiger partial charge is 0.0532 e. The molecule has 0 aliphatic carbocycles. The number of hydrogen-bond acceptors (Lipinski definition) is 4. The Labute approximate surface area is 140 Å². The van der Waals surface area contributed by atoms with Crippen molar-refractivity contribution in [1.29, 1.82) is 0 Å². The third kappa shape index (κ3) is 2.32. The molecule has 4 aromatic rings. The van der Waals surface area contributed by atoms with Gasteiger partial charge in [-0.15, -0.1) is 45.3 Å². The Morgan fingerprint density at radius 3 is 2.05 bits per heavy atom. The molecule has 0 saturated carbocycles. The summed E-state index contributed by atoms with van der Waals surface area (Å²) in [7, 11) is 0. The summed E-state index contributed by atoms with van der Waals surface area (Å²) < 4.78 is 0. The molecule has 0 nitrogen and oxygen atoms in total. The predicted octanol–water partition coefficient (Wildman–Crippen LogP) is 7.24. The summed E-state index contributed by atoms with van der Waals surface area (Å²) in [5.74, 6) is 0. The normalized spacial score (nSPS) is 11.1. The Morgan fingerprint density at radius 1 is 0.619 bits per heavy atom. The standard InChI is InChI=1S/C17H12S4/c1-11-4-8-19-15(11)17-13(6-10-21-17)16-12(5-9-20-16)14-3-2-7-18-14/h2-10H,1H3. The van der Waals surface area contributed by atoms with E-state index in [-0.39, 0.29) is 0 Å². The molecule has 0 atom stereocenters. The van der Waals surface area contributed by atoms with E-state index in [0.717, 1.165) is 0 Å². The summed E-state index contributed by atoms with van der Waals surface area (Å²) in [5, 5.41) is 8.74. The summed E-state index contributed by atoms with van der Waals surface area (Å²) in [4.78, 5) is 5.56. The average Bonchev–Trinajstić information content (AvgIpc) is 3.25. The Bertz CT molecular complexity index is 858. The Balaban J connectivity index is 1.89. The van der Waals surface area contributed by atoms with Crippen LogP contribution in [0.15, 0.2) is 51.9 Å². The van der Waals surface area contributed by atoms with Gasteiger partial charge in [0.05, 0.1) is 4.88 Å². The van der Waals surface area contributed by atoms with Crippen molar-refractivity contribution in [3.63, 3.8) is 0 Å². The summed E-state index contributed by atoms with van der Waals surface area (Å²) in [5.41, 5.74) is 4.12. The Morgan fingerprint density at radius 2 is 1.33 bits per heavy atom. The molecule has 0 aliphatic heterocycles. The minimum absolute atomic E-state index is 1.35. The quantitative estimate of drug-likeness (QED) is 0.367.